The molecule has 0 spiro atoms. The van der Waals surface area contributed by atoms with Crippen molar-refractivity contribution in [1.82, 2.24) is 25.2 Å². The van der Waals surface area contributed by atoms with Crippen molar-refractivity contribution >= 4 is 39.9 Å². The normalized spacial score (nSPS) is 29.0. The topological polar surface area (TPSA) is 181 Å². The van der Waals surface area contributed by atoms with E-state index in [2.05, 4.69) is 21.9 Å². The molecule has 5 aliphatic rings. The number of fused-ring (bicyclic) bond motifs is 2. The molecule has 3 N–H and O–H groups in total. The first kappa shape index (κ1) is 36.6. The summed E-state index contributed by atoms with van der Waals surface area (Å²) in [5, 5.41) is 4.74. The van der Waals surface area contributed by atoms with Crippen LogP contribution in [0.3, 0.4) is 0 Å². The van der Waals surface area contributed by atoms with Crippen molar-refractivity contribution in [3.8, 4) is 0 Å². The first-order valence-corrected chi connectivity index (χ1v) is 19.1. The van der Waals surface area contributed by atoms with Gasteiger partial charge in [-0.05, 0) is 64.5 Å². The molecule has 1 aromatic rings. The van der Waals surface area contributed by atoms with Crippen molar-refractivity contribution in [3.63, 3.8) is 0 Å². The molecule has 0 aromatic heterocycles. The van der Waals surface area contributed by atoms with Gasteiger partial charge < -0.3 is 25.0 Å². The van der Waals surface area contributed by atoms with E-state index in [1.54, 1.807) is 32.9 Å². The third kappa shape index (κ3) is 7.70. The summed E-state index contributed by atoms with van der Waals surface area (Å²) in [6.45, 7) is 8.94. The summed E-state index contributed by atoms with van der Waals surface area (Å²) in [7, 11) is -3.93. The fraction of sp³-hybridized carbons (Fsp3) is 0.629. The molecule has 3 aliphatic heterocycles. The Morgan fingerprint density at radius 1 is 1.06 bits per heavy atom. The molecule has 6 atom stereocenters. The van der Waals surface area contributed by atoms with Crippen LogP contribution in [-0.2, 0) is 47.0 Å². The molecule has 2 saturated carbocycles. The van der Waals surface area contributed by atoms with Gasteiger partial charge in [0, 0.05) is 24.4 Å². The number of hydrogen-bond donors (Lipinski definition) is 3. The summed E-state index contributed by atoms with van der Waals surface area (Å²) in [4.78, 5) is 71.3. The van der Waals surface area contributed by atoms with Gasteiger partial charge in [-0.1, -0.05) is 37.5 Å². The van der Waals surface area contributed by atoms with Gasteiger partial charge in [0.25, 0.3) is 5.91 Å². The van der Waals surface area contributed by atoms with Crippen LogP contribution >= 0.6 is 0 Å². The molecule has 278 valence electrons. The van der Waals surface area contributed by atoms with Gasteiger partial charge in [0.05, 0.1) is 17.8 Å². The van der Waals surface area contributed by atoms with Crippen molar-refractivity contribution in [2.45, 2.75) is 132 Å². The van der Waals surface area contributed by atoms with Crippen molar-refractivity contribution in [2.75, 3.05) is 0 Å². The number of ether oxygens (including phenoxy) is 2. The molecule has 4 fully saturated rings. The van der Waals surface area contributed by atoms with Crippen LogP contribution in [0.5, 0.6) is 0 Å². The van der Waals surface area contributed by atoms with Crippen LogP contribution in [0, 0.1) is 11.7 Å². The van der Waals surface area contributed by atoms with E-state index in [0.29, 0.717) is 49.7 Å². The molecule has 14 nitrogen and oxygen atoms in total. The Labute approximate surface area is 296 Å². The van der Waals surface area contributed by atoms with Crippen LogP contribution in [0.4, 0.5) is 14.0 Å². The van der Waals surface area contributed by atoms with Gasteiger partial charge in [0.1, 0.15) is 35.1 Å². The SMILES string of the molecule is C=C[C@@H]1C[C@]1(NC(=O)[C@@H]1C[C@@H](OC(=O)N2Cc3cccc(F)c3C2)[C@@H]2CCCCC[C@H](NC(=O)OC(C)(C)C)C(=O)N12)C(=O)NS(=O)(=O)C1CC1. The molecule has 3 heterocycles. The Kier molecular flexibility index (Phi) is 9.85. The smallest absolute Gasteiger partial charge is 0.410 e. The molecule has 51 heavy (non-hydrogen) atoms. The maximum Gasteiger partial charge on any atom is 0.410 e. The number of carbonyl (C=O) groups is 5. The van der Waals surface area contributed by atoms with E-state index in [4.69, 9.17) is 9.47 Å². The Morgan fingerprint density at radius 3 is 2.43 bits per heavy atom. The van der Waals surface area contributed by atoms with Crippen LogP contribution in [0.2, 0.25) is 0 Å². The zero-order valence-electron chi connectivity index (χ0n) is 29.1. The standard InChI is InChI=1S/C35H46FN5O9S/c1-5-21-17-35(21,31(44)39-51(47,48)22-14-15-22)38-29(42)27-16-28(49-33(46)40-18-20-10-9-11-24(36)23(20)19-40)26-13-8-6-7-12-25(30(43)41(26)27)37-32(45)50-34(2,3)4/h5,9-11,21-22,25-28H,1,6-8,12-19H2,2-4H3,(H,37,45)(H,38,42)(H,39,44)/t21-,25+,26+,27+,28-,35-/m1/s1. The third-order valence-electron chi connectivity index (χ3n) is 10.3. The van der Waals surface area contributed by atoms with Gasteiger partial charge in [-0.25, -0.2) is 22.4 Å². The fourth-order valence-corrected chi connectivity index (χ4v) is 8.77. The lowest BCUT2D eigenvalue weighted by atomic mass is 10.0. The lowest BCUT2D eigenvalue weighted by Crippen LogP contribution is -2.59. The minimum absolute atomic E-state index is 0.00297. The van der Waals surface area contributed by atoms with E-state index in [0.717, 1.165) is 0 Å². The van der Waals surface area contributed by atoms with E-state index in [1.165, 1.54) is 21.9 Å². The highest BCUT2D eigenvalue weighted by atomic mass is 32.2. The molecular weight excluding hydrogens is 685 g/mol. The monoisotopic (exact) mass is 731 g/mol. The van der Waals surface area contributed by atoms with E-state index in [-0.39, 0.29) is 32.4 Å². The highest BCUT2D eigenvalue weighted by Gasteiger charge is 2.62. The van der Waals surface area contributed by atoms with Crippen molar-refractivity contribution < 1.29 is 46.3 Å². The number of amides is 5. The van der Waals surface area contributed by atoms with Gasteiger partial charge in [-0.15, -0.1) is 6.58 Å². The predicted octanol–water partition coefficient (Wildman–Crippen LogP) is 3.14. The Bertz CT molecular complexity index is 1730. The molecule has 16 heteroatoms. The second kappa shape index (κ2) is 13.7. The zero-order chi connectivity index (χ0) is 36.9. The third-order valence-corrected chi connectivity index (χ3v) is 12.1. The molecule has 6 rings (SSSR count). The first-order chi connectivity index (χ1) is 24.0. The zero-order valence-corrected chi connectivity index (χ0v) is 29.9. The van der Waals surface area contributed by atoms with Crippen LogP contribution < -0.4 is 15.4 Å². The van der Waals surface area contributed by atoms with Gasteiger partial charge in [-0.2, -0.15) is 0 Å². The summed E-state index contributed by atoms with van der Waals surface area (Å²) in [6.07, 6.45) is 2.37. The Balaban J connectivity index is 1.27. The molecule has 2 saturated heterocycles. The Hall–Kier alpha value is -4.21. The van der Waals surface area contributed by atoms with Crippen molar-refractivity contribution in [1.29, 1.82) is 0 Å². The number of nitrogens with one attached hydrogen (secondary N) is 3. The van der Waals surface area contributed by atoms with Gasteiger partial charge in [0.2, 0.25) is 21.8 Å². The summed E-state index contributed by atoms with van der Waals surface area (Å²) in [5.74, 6) is -3.19. The minimum Gasteiger partial charge on any atom is -0.444 e. The number of nitrogens with zero attached hydrogens (tertiary/aromatic N) is 2. The molecule has 0 unspecified atom stereocenters. The average Bonchev–Trinajstić information content (AvgIpc) is 3.94. The lowest BCUT2D eigenvalue weighted by molar-refractivity contribution is -0.143. The molecule has 0 radical (unpaired) electrons. The number of rotatable bonds is 8. The summed E-state index contributed by atoms with van der Waals surface area (Å²) >= 11 is 0. The lowest BCUT2D eigenvalue weighted by Gasteiger charge is -2.34. The average molecular weight is 732 g/mol. The Morgan fingerprint density at radius 2 is 1.78 bits per heavy atom. The highest BCUT2D eigenvalue weighted by molar-refractivity contribution is 7.91. The molecule has 5 amide bonds. The second-order valence-electron chi connectivity index (χ2n) is 15.2. The molecular formula is C35H46FN5O9S. The summed E-state index contributed by atoms with van der Waals surface area (Å²) in [6, 6.07) is 1.54. The van der Waals surface area contributed by atoms with Crippen molar-refractivity contribution in [3.05, 3.63) is 47.8 Å². The van der Waals surface area contributed by atoms with E-state index in [9.17, 15) is 36.8 Å². The maximum atomic E-state index is 14.5. The number of sulfonamides is 1. The van der Waals surface area contributed by atoms with E-state index in [1.807, 2.05) is 0 Å². The van der Waals surface area contributed by atoms with E-state index >= 15 is 0 Å². The van der Waals surface area contributed by atoms with Crippen LogP contribution in [0.1, 0.15) is 89.7 Å². The summed E-state index contributed by atoms with van der Waals surface area (Å²) < 4.78 is 53.4. The predicted molar refractivity (Wildman–Crippen MR) is 180 cm³/mol. The number of alkyl carbamates (subject to hydrolysis) is 1. The van der Waals surface area contributed by atoms with Crippen molar-refractivity contribution in [2.24, 2.45) is 5.92 Å². The largest absolute Gasteiger partial charge is 0.444 e. The first-order valence-electron chi connectivity index (χ1n) is 17.6. The molecule has 1 aromatic carbocycles. The quantitative estimate of drug-likeness (QED) is 0.339. The number of halogens is 1. The highest BCUT2D eigenvalue weighted by Crippen LogP contribution is 2.46. The van der Waals surface area contributed by atoms with Crippen LogP contribution in [0.15, 0.2) is 30.9 Å². The minimum atomic E-state index is -3.93. The maximum absolute atomic E-state index is 14.5. The fourth-order valence-electron chi connectivity index (χ4n) is 7.40. The number of carbonyl (C=O) groups excluding carboxylic acids is 5. The summed E-state index contributed by atoms with van der Waals surface area (Å²) in [5.41, 5.74) is -1.40. The number of benzene rings is 1. The molecule has 2 aliphatic carbocycles. The van der Waals surface area contributed by atoms with Gasteiger partial charge >= 0.3 is 12.2 Å². The van der Waals surface area contributed by atoms with Gasteiger partial charge in [-0.3, -0.25) is 24.0 Å². The molecule has 0 bridgehead atoms. The second-order valence-corrected chi connectivity index (χ2v) is 17.2. The van der Waals surface area contributed by atoms with E-state index < -0.39 is 92.3 Å². The van der Waals surface area contributed by atoms with Gasteiger partial charge in [0.15, 0.2) is 0 Å². The number of hydrogen-bond acceptors (Lipinski definition) is 9. The van der Waals surface area contributed by atoms with Crippen LogP contribution in [0.25, 0.3) is 0 Å². The van der Waals surface area contributed by atoms with Crippen LogP contribution in [-0.4, -0.2) is 88.7 Å².